The Hall–Kier alpha value is -2.03. The summed E-state index contributed by atoms with van der Waals surface area (Å²) in [5.41, 5.74) is 1.11. The second kappa shape index (κ2) is 6.42. The van der Waals surface area contributed by atoms with Gasteiger partial charge in [-0.05, 0) is 46.4 Å². The van der Waals surface area contributed by atoms with Gasteiger partial charge in [0.1, 0.15) is 0 Å². The fourth-order valence-corrected chi connectivity index (χ4v) is 2.16. The highest BCUT2D eigenvalue weighted by Crippen LogP contribution is 2.19. The fourth-order valence-electron chi connectivity index (χ4n) is 1.58. The lowest BCUT2D eigenvalue weighted by atomic mass is 10.2. The molecule has 1 aromatic carbocycles. The summed E-state index contributed by atoms with van der Waals surface area (Å²) >= 11 is 1.98. The number of hydrogen-bond donors (Lipinski definition) is 1. The number of benzene rings is 1. The molecule has 1 aromatic heterocycles. The van der Waals surface area contributed by atoms with Crippen LogP contribution in [0.2, 0.25) is 0 Å². The van der Waals surface area contributed by atoms with Gasteiger partial charge in [-0.3, -0.25) is 19.9 Å². The molecule has 0 atom stereocenters. The van der Waals surface area contributed by atoms with Gasteiger partial charge in [0.05, 0.1) is 10.5 Å². The lowest BCUT2D eigenvalue weighted by Crippen LogP contribution is -2.23. The minimum absolute atomic E-state index is 0.0977. The molecule has 102 valence electrons. The van der Waals surface area contributed by atoms with Crippen molar-refractivity contribution in [3.05, 3.63) is 67.5 Å². The van der Waals surface area contributed by atoms with Gasteiger partial charge in [0.2, 0.25) is 0 Å². The number of pyridine rings is 1. The summed E-state index contributed by atoms with van der Waals surface area (Å²) in [6.45, 7) is 0.347. The van der Waals surface area contributed by atoms with Gasteiger partial charge < -0.3 is 5.32 Å². The number of hydrogen-bond acceptors (Lipinski definition) is 4. The zero-order valence-corrected chi connectivity index (χ0v) is 12.4. The van der Waals surface area contributed by atoms with Gasteiger partial charge in [-0.15, -0.1) is 0 Å². The van der Waals surface area contributed by atoms with Crippen molar-refractivity contribution in [3.63, 3.8) is 0 Å². The molecule has 1 amide bonds. The second-order valence-electron chi connectivity index (χ2n) is 3.96. The third-order valence-corrected chi connectivity index (χ3v) is 3.55. The zero-order chi connectivity index (χ0) is 14.5. The van der Waals surface area contributed by atoms with E-state index in [0.29, 0.717) is 15.7 Å². The van der Waals surface area contributed by atoms with Crippen LogP contribution >= 0.6 is 22.6 Å². The van der Waals surface area contributed by atoms with Crippen molar-refractivity contribution in [3.8, 4) is 0 Å². The number of halogens is 1. The maximum atomic E-state index is 12.1. The first-order valence-corrected chi connectivity index (χ1v) is 6.77. The van der Waals surface area contributed by atoms with Crippen molar-refractivity contribution in [2.45, 2.75) is 6.54 Å². The van der Waals surface area contributed by atoms with E-state index >= 15 is 0 Å². The van der Waals surface area contributed by atoms with Crippen LogP contribution in [-0.2, 0) is 6.54 Å². The molecule has 1 N–H and O–H groups in total. The number of non-ortho nitro benzene ring substituents is 1. The van der Waals surface area contributed by atoms with E-state index in [1.807, 2.05) is 22.6 Å². The number of rotatable bonds is 4. The van der Waals surface area contributed by atoms with Crippen LogP contribution in [0.15, 0.2) is 42.7 Å². The number of amides is 1. The van der Waals surface area contributed by atoms with E-state index in [2.05, 4.69) is 10.3 Å². The van der Waals surface area contributed by atoms with Gasteiger partial charge in [0.25, 0.3) is 11.6 Å². The maximum absolute atomic E-state index is 12.1. The first kappa shape index (κ1) is 14.4. The van der Waals surface area contributed by atoms with Crippen molar-refractivity contribution in [1.29, 1.82) is 0 Å². The standard InChI is InChI=1S/C13H10IN3O3/c14-12-2-1-10(17(19)20)7-11(12)13(18)16-8-9-3-5-15-6-4-9/h1-7H,8H2,(H,16,18). The highest BCUT2D eigenvalue weighted by molar-refractivity contribution is 14.1. The van der Waals surface area contributed by atoms with Crippen molar-refractivity contribution < 1.29 is 9.72 Å². The van der Waals surface area contributed by atoms with Crippen LogP contribution in [0.5, 0.6) is 0 Å². The summed E-state index contributed by atoms with van der Waals surface area (Å²) in [5.74, 6) is -0.338. The van der Waals surface area contributed by atoms with E-state index in [-0.39, 0.29) is 11.6 Å². The second-order valence-corrected chi connectivity index (χ2v) is 5.12. The Balaban J connectivity index is 2.13. The molecule has 0 radical (unpaired) electrons. The molecule has 0 spiro atoms. The van der Waals surface area contributed by atoms with Crippen LogP contribution in [0, 0.1) is 13.7 Å². The average Bonchev–Trinajstić information content (AvgIpc) is 2.46. The van der Waals surface area contributed by atoms with Crippen molar-refractivity contribution >= 4 is 34.2 Å². The molecule has 0 unspecified atom stereocenters. The number of nitrogens with zero attached hydrogens (tertiary/aromatic N) is 2. The van der Waals surface area contributed by atoms with Crippen molar-refractivity contribution in [2.24, 2.45) is 0 Å². The minimum Gasteiger partial charge on any atom is -0.348 e. The summed E-state index contributed by atoms with van der Waals surface area (Å²) in [7, 11) is 0. The van der Waals surface area contributed by atoms with Crippen LogP contribution in [-0.4, -0.2) is 15.8 Å². The number of carbonyl (C=O) groups is 1. The van der Waals surface area contributed by atoms with Gasteiger partial charge in [-0.2, -0.15) is 0 Å². The third kappa shape index (κ3) is 3.50. The topological polar surface area (TPSA) is 85.1 Å². The lowest BCUT2D eigenvalue weighted by molar-refractivity contribution is -0.384. The predicted molar refractivity (Wildman–Crippen MR) is 81.2 cm³/mol. The minimum atomic E-state index is -0.518. The Morgan fingerprint density at radius 2 is 2.00 bits per heavy atom. The SMILES string of the molecule is O=C(NCc1ccncc1)c1cc([N+](=O)[O-])ccc1I. The highest BCUT2D eigenvalue weighted by atomic mass is 127. The van der Waals surface area contributed by atoms with E-state index in [9.17, 15) is 14.9 Å². The summed E-state index contributed by atoms with van der Waals surface area (Å²) < 4.78 is 0.667. The normalized spacial score (nSPS) is 10.1. The predicted octanol–water partition coefficient (Wildman–Crippen LogP) is 2.52. The summed E-state index contributed by atoms with van der Waals surface area (Å²) in [5, 5.41) is 13.5. The number of nitrogens with one attached hydrogen (secondary N) is 1. The molecule has 0 saturated heterocycles. The molecule has 0 saturated carbocycles. The highest BCUT2D eigenvalue weighted by Gasteiger charge is 2.15. The van der Waals surface area contributed by atoms with Gasteiger partial charge in [-0.1, -0.05) is 0 Å². The lowest BCUT2D eigenvalue weighted by Gasteiger charge is -2.07. The largest absolute Gasteiger partial charge is 0.348 e. The molecule has 0 aliphatic carbocycles. The summed E-state index contributed by atoms with van der Waals surface area (Å²) in [6, 6.07) is 7.79. The van der Waals surface area contributed by atoms with E-state index < -0.39 is 4.92 Å². The fraction of sp³-hybridized carbons (Fsp3) is 0.0769. The van der Waals surface area contributed by atoms with E-state index in [1.54, 1.807) is 30.6 Å². The van der Waals surface area contributed by atoms with E-state index in [0.717, 1.165) is 5.56 Å². The van der Waals surface area contributed by atoms with Crippen LogP contribution in [0.25, 0.3) is 0 Å². The quantitative estimate of drug-likeness (QED) is 0.500. The molecular formula is C13H10IN3O3. The van der Waals surface area contributed by atoms with Gasteiger partial charge in [0, 0.05) is 34.6 Å². The van der Waals surface area contributed by atoms with E-state index in [1.165, 1.54) is 12.1 Å². The van der Waals surface area contributed by atoms with Crippen LogP contribution in [0.3, 0.4) is 0 Å². The molecule has 0 aliphatic heterocycles. The van der Waals surface area contributed by atoms with Gasteiger partial charge in [0.15, 0.2) is 0 Å². The third-order valence-electron chi connectivity index (χ3n) is 2.61. The molecule has 0 bridgehead atoms. The maximum Gasteiger partial charge on any atom is 0.270 e. The first-order chi connectivity index (χ1) is 9.58. The molecule has 6 nitrogen and oxygen atoms in total. The Kier molecular flexibility index (Phi) is 4.61. The molecule has 2 aromatic rings. The number of aromatic nitrogens is 1. The average molecular weight is 383 g/mol. The van der Waals surface area contributed by atoms with E-state index in [4.69, 9.17) is 0 Å². The summed E-state index contributed by atoms with van der Waals surface area (Å²) in [4.78, 5) is 26.2. The molecular weight excluding hydrogens is 373 g/mol. The Morgan fingerprint density at radius 3 is 2.65 bits per heavy atom. The van der Waals surface area contributed by atoms with Crippen molar-refractivity contribution in [2.75, 3.05) is 0 Å². The van der Waals surface area contributed by atoms with Crippen molar-refractivity contribution in [1.82, 2.24) is 10.3 Å². The smallest absolute Gasteiger partial charge is 0.270 e. The molecule has 2 rings (SSSR count). The first-order valence-electron chi connectivity index (χ1n) is 5.69. The number of carbonyl (C=O) groups excluding carboxylic acids is 1. The van der Waals surface area contributed by atoms with Gasteiger partial charge in [-0.25, -0.2) is 0 Å². The van der Waals surface area contributed by atoms with Gasteiger partial charge >= 0.3 is 0 Å². The monoisotopic (exact) mass is 383 g/mol. The Labute approximate surface area is 128 Å². The number of nitro groups is 1. The van der Waals surface area contributed by atoms with Crippen LogP contribution < -0.4 is 5.32 Å². The molecule has 0 fully saturated rings. The Bertz CT molecular complexity index is 647. The molecule has 0 aliphatic rings. The number of nitro benzene ring substituents is 1. The molecule has 7 heteroatoms. The Morgan fingerprint density at radius 1 is 1.30 bits per heavy atom. The zero-order valence-electron chi connectivity index (χ0n) is 10.2. The molecule has 20 heavy (non-hydrogen) atoms. The van der Waals surface area contributed by atoms with Crippen LogP contribution in [0.4, 0.5) is 5.69 Å². The molecule has 1 heterocycles. The van der Waals surface area contributed by atoms with Crippen LogP contribution in [0.1, 0.15) is 15.9 Å². The summed E-state index contributed by atoms with van der Waals surface area (Å²) in [6.07, 6.45) is 3.28.